The van der Waals surface area contributed by atoms with E-state index in [1.54, 1.807) is 29.7 Å². The fourth-order valence-electron chi connectivity index (χ4n) is 2.80. The summed E-state index contributed by atoms with van der Waals surface area (Å²) in [6.45, 7) is 2.04. The van der Waals surface area contributed by atoms with Crippen LogP contribution in [0.2, 0.25) is 0 Å². The van der Waals surface area contributed by atoms with Crippen molar-refractivity contribution in [3.63, 3.8) is 0 Å². The van der Waals surface area contributed by atoms with Crippen molar-refractivity contribution in [1.29, 1.82) is 0 Å². The SMILES string of the molecule is Cc1ccc(/C=C/C(=O)Nc2cccc(-c3csc(-c4ccccn4)n3)c2)cc1. The zero-order chi connectivity index (χ0) is 20.1. The number of anilines is 1. The molecule has 0 saturated carbocycles. The lowest BCUT2D eigenvalue weighted by Gasteiger charge is -2.04. The van der Waals surface area contributed by atoms with Crippen LogP contribution in [-0.4, -0.2) is 15.9 Å². The predicted octanol–water partition coefficient (Wildman–Crippen LogP) is 5.83. The van der Waals surface area contributed by atoms with Crippen molar-refractivity contribution in [1.82, 2.24) is 9.97 Å². The van der Waals surface area contributed by atoms with E-state index in [0.717, 1.165) is 33.2 Å². The van der Waals surface area contributed by atoms with Gasteiger partial charge in [-0.3, -0.25) is 9.78 Å². The number of nitrogens with one attached hydrogen (secondary N) is 1. The summed E-state index contributed by atoms with van der Waals surface area (Å²) in [7, 11) is 0. The van der Waals surface area contributed by atoms with Crippen molar-refractivity contribution < 1.29 is 4.79 Å². The highest BCUT2D eigenvalue weighted by Gasteiger charge is 2.08. The highest BCUT2D eigenvalue weighted by Crippen LogP contribution is 2.28. The summed E-state index contributed by atoms with van der Waals surface area (Å²) in [5.74, 6) is -0.171. The van der Waals surface area contributed by atoms with Crippen molar-refractivity contribution >= 4 is 29.0 Å². The summed E-state index contributed by atoms with van der Waals surface area (Å²) in [4.78, 5) is 21.3. The van der Waals surface area contributed by atoms with Crippen LogP contribution >= 0.6 is 11.3 Å². The number of benzene rings is 2. The normalized spacial score (nSPS) is 10.9. The first-order valence-corrected chi connectivity index (χ1v) is 10.1. The standard InChI is InChI=1S/C24H19N3OS/c1-17-8-10-18(11-9-17)12-13-23(28)26-20-6-4-5-19(15-20)22-16-29-24(27-22)21-7-2-3-14-25-21/h2-16H,1H3,(H,26,28)/b13-12+. The number of nitrogens with zero attached hydrogens (tertiary/aromatic N) is 2. The van der Waals surface area contributed by atoms with Gasteiger partial charge in [-0.25, -0.2) is 4.98 Å². The second-order valence-corrected chi connectivity index (χ2v) is 7.43. The molecule has 0 spiro atoms. The second kappa shape index (κ2) is 8.63. The lowest BCUT2D eigenvalue weighted by atomic mass is 10.1. The molecule has 0 aliphatic rings. The molecular formula is C24H19N3OS. The minimum atomic E-state index is -0.171. The topological polar surface area (TPSA) is 54.9 Å². The van der Waals surface area contributed by atoms with Gasteiger partial charge in [0, 0.05) is 28.9 Å². The first-order valence-electron chi connectivity index (χ1n) is 9.20. The van der Waals surface area contributed by atoms with Crippen LogP contribution in [0.15, 0.2) is 84.4 Å². The molecule has 29 heavy (non-hydrogen) atoms. The van der Waals surface area contributed by atoms with Crippen LogP contribution in [0.25, 0.3) is 28.0 Å². The average Bonchev–Trinajstić information content (AvgIpc) is 3.25. The lowest BCUT2D eigenvalue weighted by molar-refractivity contribution is -0.111. The fourth-order valence-corrected chi connectivity index (χ4v) is 3.61. The summed E-state index contributed by atoms with van der Waals surface area (Å²) in [6.07, 6.45) is 5.11. The van der Waals surface area contributed by atoms with Gasteiger partial charge in [0.1, 0.15) is 5.01 Å². The molecule has 0 aliphatic heterocycles. The highest BCUT2D eigenvalue weighted by atomic mass is 32.1. The van der Waals surface area contributed by atoms with Crippen LogP contribution in [0.1, 0.15) is 11.1 Å². The molecule has 4 nitrogen and oxygen atoms in total. The van der Waals surface area contributed by atoms with Crippen molar-refractivity contribution in [2.75, 3.05) is 5.32 Å². The van der Waals surface area contributed by atoms with Gasteiger partial charge in [0.05, 0.1) is 11.4 Å². The van der Waals surface area contributed by atoms with Gasteiger partial charge in [0.15, 0.2) is 0 Å². The minimum absolute atomic E-state index is 0.171. The smallest absolute Gasteiger partial charge is 0.248 e. The van der Waals surface area contributed by atoms with Gasteiger partial charge < -0.3 is 5.32 Å². The minimum Gasteiger partial charge on any atom is -0.322 e. The third kappa shape index (κ3) is 4.83. The molecule has 5 heteroatoms. The molecule has 0 aliphatic carbocycles. The van der Waals surface area contributed by atoms with Crippen LogP contribution in [0, 0.1) is 6.92 Å². The molecule has 1 N–H and O–H groups in total. The van der Waals surface area contributed by atoms with E-state index < -0.39 is 0 Å². The summed E-state index contributed by atoms with van der Waals surface area (Å²) < 4.78 is 0. The lowest BCUT2D eigenvalue weighted by Crippen LogP contribution is -2.07. The number of thiazole rings is 1. The Bertz CT molecular complexity index is 1150. The Balaban J connectivity index is 1.47. The summed E-state index contributed by atoms with van der Waals surface area (Å²) in [5, 5.41) is 5.78. The molecule has 2 aromatic heterocycles. The van der Waals surface area contributed by atoms with E-state index in [2.05, 4.69) is 15.3 Å². The number of aryl methyl sites for hydroxylation is 1. The number of rotatable bonds is 5. The van der Waals surface area contributed by atoms with Crippen LogP contribution in [0.4, 0.5) is 5.69 Å². The number of hydrogen-bond acceptors (Lipinski definition) is 4. The molecular weight excluding hydrogens is 378 g/mol. The van der Waals surface area contributed by atoms with Crippen molar-refractivity contribution in [2.24, 2.45) is 0 Å². The number of pyridine rings is 1. The molecule has 0 unspecified atom stereocenters. The second-order valence-electron chi connectivity index (χ2n) is 6.57. The maximum Gasteiger partial charge on any atom is 0.248 e. The molecule has 0 atom stereocenters. The Kier molecular flexibility index (Phi) is 5.59. The summed E-state index contributed by atoms with van der Waals surface area (Å²) in [6, 6.07) is 21.5. The molecule has 0 saturated heterocycles. The highest BCUT2D eigenvalue weighted by molar-refractivity contribution is 7.13. The third-order valence-electron chi connectivity index (χ3n) is 4.32. The van der Waals surface area contributed by atoms with Gasteiger partial charge in [-0.05, 0) is 42.8 Å². The molecule has 2 aromatic carbocycles. The average molecular weight is 398 g/mol. The van der Waals surface area contributed by atoms with Gasteiger partial charge in [0.2, 0.25) is 5.91 Å². The molecule has 0 radical (unpaired) electrons. The summed E-state index contributed by atoms with van der Waals surface area (Å²) in [5.41, 5.74) is 5.58. The molecule has 1 amide bonds. The molecule has 0 fully saturated rings. The Morgan fingerprint density at radius 2 is 1.86 bits per heavy atom. The molecule has 2 heterocycles. The van der Waals surface area contributed by atoms with Crippen LogP contribution < -0.4 is 5.32 Å². The first-order chi connectivity index (χ1) is 14.2. The van der Waals surface area contributed by atoms with Gasteiger partial charge in [-0.2, -0.15) is 0 Å². The van der Waals surface area contributed by atoms with E-state index in [1.165, 1.54) is 5.56 Å². The number of hydrogen-bond donors (Lipinski definition) is 1. The van der Waals surface area contributed by atoms with Gasteiger partial charge >= 0.3 is 0 Å². The molecule has 4 aromatic rings. The Hall–Kier alpha value is -3.57. The zero-order valence-corrected chi connectivity index (χ0v) is 16.7. The van der Waals surface area contributed by atoms with Crippen LogP contribution in [-0.2, 0) is 4.79 Å². The van der Waals surface area contributed by atoms with Crippen LogP contribution in [0.3, 0.4) is 0 Å². The van der Waals surface area contributed by atoms with E-state index in [4.69, 9.17) is 0 Å². The third-order valence-corrected chi connectivity index (χ3v) is 5.18. The van der Waals surface area contributed by atoms with Crippen molar-refractivity contribution in [3.8, 4) is 22.0 Å². The van der Waals surface area contributed by atoms with Gasteiger partial charge in [-0.15, -0.1) is 11.3 Å². The van der Waals surface area contributed by atoms with E-state index in [1.807, 2.05) is 79.0 Å². The predicted molar refractivity (Wildman–Crippen MR) is 120 cm³/mol. The fraction of sp³-hybridized carbons (Fsp3) is 0.0417. The zero-order valence-electron chi connectivity index (χ0n) is 15.9. The number of carbonyl (C=O) groups is 1. The van der Waals surface area contributed by atoms with E-state index >= 15 is 0 Å². The quantitative estimate of drug-likeness (QED) is 0.431. The maximum atomic E-state index is 12.3. The monoisotopic (exact) mass is 397 g/mol. The largest absolute Gasteiger partial charge is 0.322 e. The van der Waals surface area contributed by atoms with Crippen LogP contribution in [0.5, 0.6) is 0 Å². The molecule has 142 valence electrons. The van der Waals surface area contributed by atoms with Crippen molar-refractivity contribution in [3.05, 3.63) is 95.5 Å². The summed E-state index contributed by atoms with van der Waals surface area (Å²) >= 11 is 1.55. The number of amides is 1. The molecule has 0 bridgehead atoms. The Morgan fingerprint density at radius 3 is 2.66 bits per heavy atom. The van der Waals surface area contributed by atoms with Gasteiger partial charge in [0.25, 0.3) is 0 Å². The van der Waals surface area contributed by atoms with E-state index in [0.29, 0.717) is 0 Å². The Labute approximate surface area is 173 Å². The Morgan fingerprint density at radius 1 is 1.00 bits per heavy atom. The maximum absolute atomic E-state index is 12.3. The molecule has 4 rings (SSSR count). The van der Waals surface area contributed by atoms with Gasteiger partial charge in [-0.1, -0.05) is 48.0 Å². The number of carbonyl (C=O) groups excluding carboxylic acids is 1. The number of aromatic nitrogens is 2. The van der Waals surface area contributed by atoms with Crippen molar-refractivity contribution in [2.45, 2.75) is 6.92 Å². The first kappa shape index (κ1) is 18.8. The van der Waals surface area contributed by atoms with E-state index in [9.17, 15) is 4.79 Å². The van der Waals surface area contributed by atoms with E-state index in [-0.39, 0.29) is 5.91 Å².